The molecule has 1 aromatic heterocycles. The third-order valence-corrected chi connectivity index (χ3v) is 3.55. The first-order chi connectivity index (χ1) is 11.2. The molecule has 23 heavy (non-hydrogen) atoms. The van der Waals surface area contributed by atoms with E-state index in [9.17, 15) is 0 Å². The lowest BCUT2D eigenvalue weighted by Crippen LogP contribution is -2.06. The van der Waals surface area contributed by atoms with Gasteiger partial charge in [-0.05, 0) is 50.2 Å². The Kier molecular flexibility index (Phi) is 4.28. The number of aryl methyl sites for hydroxylation is 1. The maximum atomic E-state index is 5.79. The molecule has 2 aromatic carbocycles. The normalized spacial score (nSPS) is 12.0. The monoisotopic (exact) mass is 309 g/mol. The van der Waals surface area contributed by atoms with E-state index >= 15 is 0 Å². The van der Waals surface area contributed by atoms with Crippen LogP contribution in [0.15, 0.2) is 52.9 Å². The fraction of sp³-hybridized carbons (Fsp3) is 0.222. The summed E-state index contributed by atoms with van der Waals surface area (Å²) in [6, 6.07) is 15.6. The van der Waals surface area contributed by atoms with E-state index in [0.717, 1.165) is 22.6 Å². The second-order valence-electron chi connectivity index (χ2n) is 5.41. The number of nitrogens with one attached hydrogen (secondary N) is 1. The van der Waals surface area contributed by atoms with E-state index in [0.29, 0.717) is 11.8 Å². The van der Waals surface area contributed by atoms with Crippen molar-refractivity contribution in [3.63, 3.8) is 0 Å². The van der Waals surface area contributed by atoms with Crippen LogP contribution < -0.4 is 10.1 Å². The second-order valence-corrected chi connectivity index (χ2v) is 5.41. The molecule has 0 bridgehead atoms. The van der Waals surface area contributed by atoms with Gasteiger partial charge < -0.3 is 14.5 Å². The van der Waals surface area contributed by atoms with Gasteiger partial charge in [0.05, 0.1) is 7.11 Å². The van der Waals surface area contributed by atoms with Crippen molar-refractivity contribution in [2.24, 2.45) is 0 Å². The highest BCUT2D eigenvalue weighted by molar-refractivity contribution is 5.54. The highest BCUT2D eigenvalue weighted by Gasteiger charge is 2.15. The number of nitrogens with zero attached hydrogens (tertiary/aromatic N) is 2. The number of rotatable bonds is 5. The van der Waals surface area contributed by atoms with Gasteiger partial charge in [0.15, 0.2) is 0 Å². The van der Waals surface area contributed by atoms with Gasteiger partial charge in [0.2, 0.25) is 11.8 Å². The molecule has 5 heteroatoms. The van der Waals surface area contributed by atoms with Crippen LogP contribution in [0.1, 0.15) is 24.4 Å². The van der Waals surface area contributed by atoms with Gasteiger partial charge in [-0.1, -0.05) is 17.7 Å². The van der Waals surface area contributed by atoms with E-state index in [4.69, 9.17) is 9.15 Å². The number of hydrogen-bond acceptors (Lipinski definition) is 5. The van der Waals surface area contributed by atoms with Crippen molar-refractivity contribution in [2.45, 2.75) is 19.9 Å². The maximum absolute atomic E-state index is 5.79. The summed E-state index contributed by atoms with van der Waals surface area (Å²) in [5.74, 6) is 1.91. The van der Waals surface area contributed by atoms with E-state index < -0.39 is 0 Å². The zero-order valence-corrected chi connectivity index (χ0v) is 13.4. The van der Waals surface area contributed by atoms with Crippen LogP contribution in [0.25, 0.3) is 11.5 Å². The van der Waals surface area contributed by atoms with E-state index in [1.54, 1.807) is 7.11 Å². The molecular weight excluding hydrogens is 290 g/mol. The summed E-state index contributed by atoms with van der Waals surface area (Å²) in [6.45, 7) is 4.02. The lowest BCUT2D eigenvalue weighted by atomic mass is 10.1. The molecule has 3 rings (SSSR count). The van der Waals surface area contributed by atoms with Gasteiger partial charge in [-0.3, -0.25) is 0 Å². The number of benzene rings is 2. The first kappa shape index (κ1) is 15.1. The third kappa shape index (κ3) is 3.51. The Morgan fingerprint density at radius 2 is 1.87 bits per heavy atom. The summed E-state index contributed by atoms with van der Waals surface area (Å²) in [6.07, 6.45) is 0. The fourth-order valence-electron chi connectivity index (χ4n) is 2.30. The average Bonchev–Trinajstić information content (AvgIpc) is 3.06. The van der Waals surface area contributed by atoms with Crippen molar-refractivity contribution in [3.05, 3.63) is 60.0 Å². The van der Waals surface area contributed by atoms with Crippen molar-refractivity contribution in [1.82, 2.24) is 10.2 Å². The summed E-state index contributed by atoms with van der Waals surface area (Å²) < 4.78 is 10.9. The van der Waals surface area contributed by atoms with Crippen LogP contribution in [-0.2, 0) is 0 Å². The number of anilines is 1. The molecule has 3 aromatic rings. The molecule has 118 valence electrons. The van der Waals surface area contributed by atoms with E-state index in [2.05, 4.69) is 15.5 Å². The van der Waals surface area contributed by atoms with Gasteiger partial charge in [-0.2, -0.15) is 0 Å². The number of aromatic nitrogens is 2. The van der Waals surface area contributed by atoms with E-state index in [1.807, 2.05) is 62.4 Å². The third-order valence-electron chi connectivity index (χ3n) is 3.55. The van der Waals surface area contributed by atoms with E-state index in [1.165, 1.54) is 0 Å². The van der Waals surface area contributed by atoms with Gasteiger partial charge in [0.1, 0.15) is 11.8 Å². The van der Waals surface area contributed by atoms with Crippen LogP contribution in [0.4, 0.5) is 5.69 Å². The van der Waals surface area contributed by atoms with Crippen molar-refractivity contribution in [1.29, 1.82) is 0 Å². The first-order valence-electron chi connectivity index (χ1n) is 7.47. The minimum atomic E-state index is -0.0885. The van der Waals surface area contributed by atoms with Gasteiger partial charge >= 0.3 is 0 Å². The quantitative estimate of drug-likeness (QED) is 0.764. The van der Waals surface area contributed by atoms with Crippen LogP contribution in [0, 0.1) is 6.92 Å². The summed E-state index contributed by atoms with van der Waals surface area (Å²) in [5.41, 5.74) is 3.06. The van der Waals surface area contributed by atoms with E-state index in [-0.39, 0.29) is 6.04 Å². The largest absolute Gasteiger partial charge is 0.497 e. The molecule has 1 N–H and O–H groups in total. The topological polar surface area (TPSA) is 60.2 Å². The molecule has 0 radical (unpaired) electrons. The van der Waals surface area contributed by atoms with Crippen molar-refractivity contribution in [3.8, 4) is 17.2 Å². The molecule has 1 atom stereocenters. The van der Waals surface area contributed by atoms with Gasteiger partial charge in [0.25, 0.3) is 0 Å². The highest BCUT2D eigenvalue weighted by atomic mass is 16.5. The number of hydrogen-bond donors (Lipinski definition) is 1. The molecule has 0 unspecified atom stereocenters. The van der Waals surface area contributed by atoms with Gasteiger partial charge in [-0.15, -0.1) is 10.2 Å². The van der Waals surface area contributed by atoms with Gasteiger partial charge in [-0.25, -0.2) is 0 Å². The summed E-state index contributed by atoms with van der Waals surface area (Å²) in [7, 11) is 1.65. The van der Waals surface area contributed by atoms with Crippen LogP contribution in [0.3, 0.4) is 0 Å². The number of ether oxygens (including phenoxy) is 1. The SMILES string of the molecule is COc1ccc(N[C@@H](C)c2nnc(-c3cccc(C)c3)o2)cc1. The molecule has 0 spiro atoms. The summed E-state index contributed by atoms with van der Waals surface area (Å²) >= 11 is 0. The Balaban J connectivity index is 1.74. The van der Waals surface area contributed by atoms with Crippen molar-refractivity contribution in [2.75, 3.05) is 12.4 Å². The first-order valence-corrected chi connectivity index (χ1v) is 7.47. The summed E-state index contributed by atoms with van der Waals surface area (Å²) in [4.78, 5) is 0. The second kappa shape index (κ2) is 6.52. The molecule has 1 heterocycles. The molecular formula is C18H19N3O2. The zero-order valence-electron chi connectivity index (χ0n) is 13.4. The molecule has 0 aliphatic heterocycles. The Morgan fingerprint density at radius 1 is 1.09 bits per heavy atom. The Labute approximate surface area is 135 Å². The predicted octanol–water partition coefficient (Wildman–Crippen LogP) is 4.23. The average molecular weight is 309 g/mol. The maximum Gasteiger partial charge on any atom is 0.247 e. The molecule has 0 saturated carbocycles. The minimum Gasteiger partial charge on any atom is -0.497 e. The standard InChI is InChI=1S/C18H19N3O2/c1-12-5-4-6-14(11-12)18-21-20-17(23-18)13(2)19-15-7-9-16(22-3)10-8-15/h4-11,13,19H,1-3H3/t13-/m0/s1. The van der Waals surface area contributed by atoms with Gasteiger partial charge in [0, 0.05) is 11.3 Å². The molecule has 0 saturated heterocycles. The number of methoxy groups -OCH3 is 1. The lowest BCUT2D eigenvalue weighted by molar-refractivity contribution is 0.415. The Morgan fingerprint density at radius 3 is 2.57 bits per heavy atom. The minimum absolute atomic E-state index is 0.0885. The molecule has 0 fully saturated rings. The molecule has 0 amide bonds. The van der Waals surface area contributed by atoms with Crippen LogP contribution in [0.2, 0.25) is 0 Å². The predicted molar refractivity (Wildman–Crippen MR) is 89.5 cm³/mol. The molecule has 0 aliphatic carbocycles. The fourth-order valence-corrected chi connectivity index (χ4v) is 2.30. The van der Waals surface area contributed by atoms with Crippen molar-refractivity contribution < 1.29 is 9.15 Å². The van der Waals surface area contributed by atoms with Crippen LogP contribution >= 0.6 is 0 Å². The van der Waals surface area contributed by atoms with Crippen LogP contribution in [-0.4, -0.2) is 17.3 Å². The summed E-state index contributed by atoms with van der Waals surface area (Å²) in [5, 5.41) is 11.6. The van der Waals surface area contributed by atoms with Crippen molar-refractivity contribution >= 4 is 5.69 Å². The Hall–Kier alpha value is -2.82. The highest BCUT2D eigenvalue weighted by Crippen LogP contribution is 2.24. The van der Waals surface area contributed by atoms with Crippen LogP contribution in [0.5, 0.6) is 5.75 Å². The molecule has 0 aliphatic rings. The molecule has 5 nitrogen and oxygen atoms in total. The zero-order chi connectivity index (χ0) is 16.2. The smallest absolute Gasteiger partial charge is 0.247 e. The lowest BCUT2D eigenvalue weighted by Gasteiger charge is -2.11. The Bertz CT molecular complexity index is 781.